The van der Waals surface area contributed by atoms with Gasteiger partial charge in [-0.1, -0.05) is 76.3 Å². The highest BCUT2D eigenvalue weighted by Crippen LogP contribution is 2.42. The normalized spacial score (nSPS) is 16.1. The first-order valence-electron chi connectivity index (χ1n) is 42.3. The van der Waals surface area contributed by atoms with Crippen molar-refractivity contribution in [1.82, 2.24) is 91.0 Å². The Morgan fingerprint density at radius 1 is 0.420 bits per heavy atom. The summed E-state index contributed by atoms with van der Waals surface area (Å²) in [5, 5.41) is 117. The van der Waals surface area contributed by atoms with Crippen LogP contribution in [0.2, 0.25) is 29.1 Å². The Balaban J connectivity index is 0.000000158. The Morgan fingerprint density at radius 2 is 0.771 bits per heavy atom. The van der Waals surface area contributed by atoms with Gasteiger partial charge in [0.2, 0.25) is 0 Å². The highest BCUT2D eigenvalue weighted by molar-refractivity contribution is 6.49. The molecule has 5 atom stereocenters. The molecule has 5 aliphatic rings. The number of nitrogens with two attached hydrogens (primary N) is 3. The summed E-state index contributed by atoms with van der Waals surface area (Å²) >= 11 is 0. The van der Waals surface area contributed by atoms with Crippen molar-refractivity contribution in [1.29, 1.82) is 0 Å². The first-order chi connectivity index (χ1) is 62.8. The van der Waals surface area contributed by atoms with Gasteiger partial charge in [-0.25, -0.2) is 23.7 Å². The number of aliphatic hydroxyl groups is 2. The van der Waals surface area contributed by atoms with Crippen molar-refractivity contribution in [3.8, 4) is 28.7 Å². The standard InChI is InChI=1S/2C18H23BN4O5.2C16H19BN4O4.C15H18BN5O4/c1-11(25)15-5-3-4-12-6-13(19(27)28-18(12)15)7-14(26)9-23-17(8-20-2)16(10-24)21-22-23;1-11(25)15-5-3-4-12-6-13(19(27)28-18(12)15)7-14(26)9-23-17(10-24)16(8-20-2)21-22-23;1-10(22)15-4-2-3-11-5-12(17(24)25-16(11)15)6-14(23)9-21-13(7-18)8-19-20-21;1-9(22)13-4-2-3-10-5-11(17(24)25-16(10)13)6-12(23)7-14-19-15(8-18)21-20-14;1-9(22)13-4-2-3-10-5-11(16(24)25-15(10)13)6-12(23)8-21-14(7-17)18-19-20-21/h2*3-5,13,20,24,27H,6-10H2,1-2H3;2-4,8,12,24H,5-7,9,18H2,1H3;2-4,11,24H,5-8,18H2,1H3,(H,19,20,21);2-4,11,24H,5-8,17H2,1H3/t2*13-;12-;2*11-/m11111/s1. The van der Waals surface area contributed by atoms with Crippen LogP contribution in [0.3, 0.4) is 0 Å². The monoisotopic (exact) mass is 1800 g/mol. The maximum atomic E-state index is 12.6. The fourth-order valence-corrected chi connectivity index (χ4v) is 15.8. The van der Waals surface area contributed by atoms with E-state index in [-0.39, 0.29) is 167 Å². The van der Waals surface area contributed by atoms with Crippen LogP contribution in [0.5, 0.6) is 28.7 Å². The maximum Gasteiger partial charge on any atom is 0.526 e. The number of aromatic nitrogens is 16. The Morgan fingerprint density at radius 3 is 1.10 bits per heavy atom. The average molecular weight is 1800 g/mol. The predicted octanol–water partition coefficient (Wildman–Crippen LogP) is 0.892. The molecule has 48 heteroatoms. The number of Topliss-reactive ketones (excluding diaryl/α,β-unsaturated/α-hetero) is 10. The van der Waals surface area contributed by atoms with Crippen LogP contribution in [0.15, 0.2) is 97.2 Å². The Kier molecular flexibility index (Phi) is 34.9. The maximum absolute atomic E-state index is 12.6. The zero-order valence-electron chi connectivity index (χ0n) is 73.3. The van der Waals surface area contributed by atoms with Crippen molar-refractivity contribution in [2.75, 3.05) is 14.1 Å². The van der Waals surface area contributed by atoms with Crippen molar-refractivity contribution in [2.45, 2.75) is 206 Å². The number of carbonyl (C=O) groups excluding carboxylic acids is 10. The third-order valence-electron chi connectivity index (χ3n) is 22.4. The van der Waals surface area contributed by atoms with E-state index < -0.39 is 53.0 Å². The number of hydrogen-bond donors (Lipinski definition) is 13. The van der Waals surface area contributed by atoms with E-state index in [9.17, 15) is 83.3 Å². The van der Waals surface area contributed by atoms with E-state index in [1.807, 2.05) is 30.3 Å². The largest absolute Gasteiger partial charge is 0.535 e. The Labute approximate surface area is 752 Å². The molecule has 0 aliphatic carbocycles. The summed E-state index contributed by atoms with van der Waals surface area (Å²) in [6, 6.07) is 26.3. The third-order valence-corrected chi connectivity index (χ3v) is 22.4. The number of H-pyrrole nitrogens is 1. The molecule has 0 saturated carbocycles. The fourth-order valence-electron chi connectivity index (χ4n) is 15.8. The van der Waals surface area contributed by atoms with Gasteiger partial charge in [-0.15, -0.1) is 20.4 Å². The van der Waals surface area contributed by atoms with E-state index in [1.165, 1.54) is 59.5 Å². The lowest BCUT2D eigenvalue weighted by atomic mass is 9.64. The molecule has 15 rings (SSSR count). The van der Waals surface area contributed by atoms with Crippen molar-refractivity contribution in [3.63, 3.8) is 0 Å². The third kappa shape index (κ3) is 25.3. The number of aromatic amines is 1. The van der Waals surface area contributed by atoms with Crippen LogP contribution in [-0.4, -0.2) is 223 Å². The van der Waals surface area contributed by atoms with E-state index >= 15 is 0 Å². The first kappa shape index (κ1) is 98.9. The number of aliphatic hydroxyl groups excluding tert-OH is 2. The van der Waals surface area contributed by atoms with Gasteiger partial charge in [-0.3, -0.25) is 53.0 Å². The number of hydrogen-bond acceptors (Lipinski definition) is 38. The summed E-state index contributed by atoms with van der Waals surface area (Å²) in [5.41, 5.74) is 25.5. The minimum atomic E-state index is -1.18. The van der Waals surface area contributed by atoms with Gasteiger partial charge in [-0.05, 0) is 149 Å². The van der Waals surface area contributed by atoms with E-state index in [2.05, 4.69) is 72.3 Å². The molecule has 0 fully saturated rings. The second-order valence-electron chi connectivity index (χ2n) is 32.1. The van der Waals surface area contributed by atoms with Gasteiger partial charge >= 0.3 is 35.6 Å². The van der Waals surface area contributed by atoms with Crippen LogP contribution in [0.25, 0.3) is 0 Å². The molecular weight excluding hydrogens is 1700 g/mol. The van der Waals surface area contributed by atoms with Crippen molar-refractivity contribution in [2.24, 2.45) is 17.2 Å². The van der Waals surface area contributed by atoms with Gasteiger partial charge in [0.15, 0.2) is 63.7 Å². The molecule has 131 heavy (non-hydrogen) atoms. The molecule has 0 unspecified atom stereocenters. The summed E-state index contributed by atoms with van der Waals surface area (Å²) in [7, 11) is -2.26. The summed E-state index contributed by atoms with van der Waals surface area (Å²) in [4.78, 5) is 125. The minimum absolute atomic E-state index is 0.00637. The number of ketones is 10. The summed E-state index contributed by atoms with van der Waals surface area (Å²) in [5.74, 6) is 0.0497. The molecule has 0 saturated heterocycles. The number of fused-ring (bicyclic) bond motifs is 5. The van der Waals surface area contributed by atoms with E-state index in [4.69, 9.17) is 40.5 Å². The topological polar surface area (TPSA) is 638 Å². The zero-order valence-corrected chi connectivity index (χ0v) is 73.3. The van der Waals surface area contributed by atoms with Gasteiger partial charge in [0.25, 0.3) is 0 Å². The molecule has 0 bridgehead atoms. The van der Waals surface area contributed by atoms with Crippen LogP contribution >= 0.6 is 0 Å². The summed E-state index contributed by atoms with van der Waals surface area (Å²) in [6.45, 7) is 8.16. The van der Waals surface area contributed by atoms with Gasteiger partial charge in [-0.2, -0.15) is 5.10 Å². The fraction of sp³-hybridized carbons (Fsp3) is 0.410. The summed E-state index contributed by atoms with van der Waals surface area (Å²) < 4.78 is 33.4. The number of nitrogens with one attached hydrogen (secondary N) is 3. The number of nitrogens with zero attached hydrogens (tertiary/aromatic N) is 15. The Bertz CT molecular complexity index is 5660. The lowest BCUT2D eigenvalue weighted by Gasteiger charge is -2.28. The van der Waals surface area contributed by atoms with Gasteiger partial charge in [0, 0.05) is 80.8 Å². The molecule has 686 valence electrons. The smallest absolute Gasteiger partial charge is 0.526 e. The van der Waals surface area contributed by atoms with Crippen LogP contribution in [0, 0.1) is 0 Å². The molecule has 5 aliphatic heterocycles. The molecule has 5 aromatic carbocycles. The van der Waals surface area contributed by atoms with Crippen molar-refractivity contribution < 1.29 is 107 Å². The van der Waals surface area contributed by atoms with Gasteiger partial charge < -0.3 is 86.4 Å². The molecule has 0 radical (unpaired) electrons. The molecular formula is C83H102B5N21O22. The van der Waals surface area contributed by atoms with Crippen molar-refractivity contribution in [3.05, 3.63) is 199 Å². The first-order valence-corrected chi connectivity index (χ1v) is 42.3. The number of carbonyl (C=O) groups is 10. The van der Waals surface area contributed by atoms with E-state index in [1.54, 1.807) is 74.8 Å². The highest BCUT2D eigenvalue weighted by atomic mass is 16.5. The van der Waals surface area contributed by atoms with Gasteiger partial charge in [0.05, 0.1) is 83.8 Å². The average Bonchev–Trinajstić information content (AvgIpc) is 1.44. The molecule has 43 nitrogen and oxygen atoms in total. The molecule has 5 aromatic heterocycles. The lowest BCUT2D eigenvalue weighted by Crippen LogP contribution is -2.36. The molecule has 10 aromatic rings. The van der Waals surface area contributed by atoms with Crippen molar-refractivity contribution >= 4 is 93.4 Å². The lowest BCUT2D eigenvalue weighted by molar-refractivity contribution is -0.120. The van der Waals surface area contributed by atoms with Crippen LogP contribution in [0.1, 0.15) is 192 Å². The molecule has 10 heterocycles. The second-order valence-corrected chi connectivity index (χ2v) is 32.1. The van der Waals surface area contributed by atoms with E-state index in [0.717, 1.165) is 27.8 Å². The summed E-state index contributed by atoms with van der Waals surface area (Å²) in [6.07, 6.45) is 4.41. The quantitative estimate of drug-likeness (QED) is 0.0197. The van der Waals surface area contributed by atoms with Crippen LogP contribution < -0.4 is 51.1 Å². The number of rotatable bonds is 34. The molecule has 16 N–H and O–H groups in total. The predicted molar refractivity (Wildman–Crippen MR) is 470 cm³/mol. The van der Waals surface area contributed by atoms with Gasteiger partial charge in [0.1, 0.15) is 77.9 Å². The number of tetrazole rings is 1. The SMILES string of the molecule is CC(=O)c1cccc2c1OB(O)[C@@H](CC(=O)Cc1nc(CN)n[nH]1)C2.CC(=O)c1cccc2c1OB(O)[C@@H](CC(=O)Cn1nncc1CN)C2.CC(=O)c1cccc2c1OB(O)[C@@H](CC(=O)Cn1nnnc1CN)C2.CNCc1c(CO)nnn1CC(=O)C[C@H]1Cc2cccc(C(C)=O)c2OB1O.CNCc1nnn(CC(=O)C[C@H]2Cc3cccc(C(C)=O)c3OB2O)c1CO. The van der Waals surface area contributed by atoms with Crippen LogP contribution in [-0.2, 0) is 135 Å². The highest BCUT2D eigenvalue weighted by Gasteiger charge is 2.43. The molecule has 0 spiro atoms. The van der Waals surface area contributed by atoms with E-state index in [0.29, 0.717) is 148 Å². The zero-order chi connectivity index (χ0) is 94.4. The van der Waals surface area contributed by atoms with Crippen LogP contribution in [0.4, 0.5) is 0 Å². The minimum Gasteiger partial charge on any atom is -0.535 e. The number of para-hydroxylation sites is 5. The molecule has 0 amide bonds. The number of benzene rings is 5. The Hall–Kier alpha value is -12.7. The second kappa shape index (κ2) is 46.2.